The number of imidazole rings is 1. The maximum Gasteiger partial charge on any atom is 0.349 e. The SMILES string of the molecule is COc1cccc(OCC(=O)n2ccn(S(=O)(=O)c3ccc(C)c(C)c3)c2=O)c1. The Kier molecular flexibility index (Phi) is 5.60. The predicted octanol–water partition coefficient (Wildman–Crippen LogP) is 2.23. The number of carbonyl (C=O) groups is 1. The second-order valence-electron chi connectivity index (χ2n) is 6.36. The summed E-state index contributed by atoms with van der Waals surface area (Å²) in [5, 5.41) is 0. The molecule has 0 radical (unpaired) electrons. The molecule has 0 aliphatic heterocycles. The normalized spacial score (nSPS) is 11.3. The van der Waals surface area contributed by atoms with Crippen LogP contribution in [0.1, 0.15) is 15.9 Å². The van der Waals surface area contributed by atoms with E-state index in [1.165, 1.54) is 19.2 Å². The van der Waals surface area contributed by atoms with Crippen LogP contribution in [0.4, 0.5) is 0 Å². The second-order valence-corrected chi connectivity index (χ2v) is 8.17. The fraction of sp³-hybridized carbons (Fsp3) is 0.200. The number of aromatic nitrogens is 2. The molecule has 152 valence electrons. The van der Waals surface area contributed by atoms with E-state index < -0.39 is 28.2 Å². The summed E-state index contributed by atoms with van der Waals surface area (Å²) in [4.78, 5) is 24.9. The molecule has 1 heterocycles. The van der Waals surface area contributed by atoms with Gasteiger partial charge < -0.3 is 9.47 Å². The quantitative estimate of drug-likeness (QED) is 0.611. The van der Waals surface area contributed by atoms with Crippen LogP contribution >= 0.6 is 0 Å². The van der Waals surface area contributed by atoms with Crippen molar-refractivity contribution < 1.29 is 22.7 Å². The zero-order valence-electron chi connectivity index (χ0n) is 16.2. The molecule has 0 aliphatic carbocycles. The van der Waals surface area contributed by atoms with Gasteiger partial charge in [-0.05, 0) is 49.2 Å². The molecule has 3 aromatic rings. The fourth-order valence-corrected chi connectivity index (χ4v) is 3.93. The van der Waals surface area contributed by atoms with E-state index in [-0.39, 0.29) is 4.90 Å². The molecule has 0 saturated heterocycles. The Balaban J connectivity index is 1.83. The number of methoxy groups -OCH3 is 1. The number of benzene rings is 2. The average Bonchev–Trinajstić information content (AvgIpc) is 3.10. The van der Waals surface area contributed by atoms with E-state index in [9.17, 15) is 18.0 Å². The van der Waals surface area contributed by atoms with Gasteiger partial charge in [-0.3, -0.25) is 4.79 Å². The summed E-state index contributed by atoms with van der Waals surface area (Å²) in [6.07, 6.45) is 2.16. The van der Waals surface area contributed by atoms with E-state index in [4.69, 9.17) is 9.47 Å². The van der Waals surface area contributed by atoms with Crippen molar-refractivity contribution in [3.8, 4) is 11.5 Å². The highest BCUT2D eigenvalue weighted by atomic mass is 32.2. The van der Waals surface area contributed by atoms with Gasteiger partial charge in [-0.2, -0.15) is 3.97 Å². The third-order valence-corrected chi connectivity index (χ3v) is 6.10. The van der Waals surface area contributed by atoms with Crippen LogP contribution < -0.4 is 15.2 Å². The second kappa shape index (κ2) is 7.96. The number of rotatable bonds is 6. The Labute approximate surface area is 168 Å². The van der Waals surface area contributed by atoms with Gasteiger partial charge in [-0.1, -0.05) is 12.1 Å². The minimum absolute atomic E-state index is 0.0273. The lowest BCUT2D eigenvalue weighted by Gasteiger charge is -2.08. The van der Waals surface area contributed by atoms with Crippen LogP contribution in [0, 0.1) is 13.8 Å². The minimum Gasteiger partial charge on any atom is -0.497 e. The lowest BCUT2D eigenvalue weighted by atomic mass is 10.1. The highest BCUT2D eigenvalue weighted by Crippen LogP contribution is 2.19. The summed E-state index contributed by atoms with van der Waals surface area (Å²) in [5.41, 5.74) is 0.725. The van der Waals surface area contributed by atoms with Crippen LogP contribution in [0.3, 0.4) is 0 Å². The van der Waals surface area contributed by atoms with Crippen molar-refractivity contribution in [3.63, 3.8) is 0 Å². The van der Waals surface area contributed by atoms with Crippen molar-refractivity contribution in [1.29, 1.82) is 0 Å². The van der Waals surface area contributed by atoms with Gasteiger partial charge in [0.2, 0.25) is 0 Å². The first kappa shape index (κ1) is 20.4. The highest BCUT2D eigenvalue weighted by Gasteiger charge is 2.23. The molecule has 0 amide bonds. The van der Waals surface area contributed by atoms with Crippen molar-refractivity contribution in [1.82, 2.24) is 8.54 Å². The molecular formula is C20H20N2O6S. The monoisotopic (exact) mass is 416 g/mol. The maximum absolute atomic E-state index is 12.8. The molecule has 9 heteroatoms. The molecule has 2 aromatic carbocycles. The van der Waals surface area contributed by atoms with Crippen LogP contribution in [-0.2, 0) is 10.0 Å². The summed E-state index contributed by atoms with van der Waals surface area (Å²) in [7, 11) is -2.62. The van der Waals surface area contributed by atoms with E-state index >= 15 is 0 Å². The number of ether oxygens (including phenoxy) is 2. The van der Waals surface area contributed by atoms with Crippen molar-refractivity contribution in [2.75, 3.05) is 13.7 Å². The lowest BCUT2D eigenvalue weighted by molar-refractivity contribution is 0.0833. The summed E-state index contributed by atoms with van der Waals surface area (Å²) < 4.78 is 37.3. The average molecular weight is 416 g/mol. The van der Waals surface area contributed by atoms with E-state index in [1.807, 2.05) is 6.92 Å². The van der Waals surface area contributed by atoms with Crippen LogP contribution in [0.5, 0.6) is 11.5 Å². The molecule has 0 spiro atoms. The summed E-state index contributed by atoms with van der Waals surface area (Å²) >= 11 is 0. The zero-order chi connectivity index (χ0) is 21.2. The van der Waals surface area contributed by atoms with Crippen molar-refractivity contribution in [2.24, 2.45) is 0 Å². The molecule has 0 N–H and O–H groups in total. The number of hydrogen-bond donors (Lipinski definition) is 0. The summed E-state index contributed by atoms with van der Waals surface area (Å²) in [6, 6.07) is 11.2. The summed E-state index contributed by atoms with van der Waals surface area (Å²) in [6.45, 7) is 3.19. The third-order valence-electron chi connectivity index (χ3n) is 4.45. The summed E-state index contributed by atoms with van der Waals surface area (Å²) in [5.74, 6) is 0.234. The van der Waals surface area contributed by atoms with E-state index in [2.05, 4.69) is 0 Å². The molecule has 0 bridgehead atoms. The number of carbonyl (C=O) groups excluding carboxylic acids is 1. The molecule has 3 rings (SSSR count). The van der Waals surface area contributed by atoms with Crippen LogP contribution in [0.2, 0.25) is 0 Å². The Morgan fingerprint density at radius 2 is 1.72 bits per heavy atom. The Bertz CT molecular complexity index is 1220. The third kappa shape index (κ3) is 4.09. The first-order chi connectivity index (χ1) is 13.7. The Hall–Kier alpha value is -3.33. The standard InChI is InChI=1S/C20H20N2O6S/c1-14-7-8-18(11-15(14)2)29(25,26)22-10-9-21(20(22)24)19(23)13-28-17-6-4-5-16(12-17)27-3/h4-12H,13H2,1-3H3. The number of nitrogens with zero attached hydrogens (tertiary/aromatic N) is 2. The fourth-order valence-electron chi connectivity index (χ4n) is 2.63. The van der Waals surface area contributed by atoms with Crippen LogP contribution in [0.15, 0.2) is 64.5 Å². The number of hydrogen-bond acceptors (Lipinski definition) is 6. The lowest BCUT2D eigenvalue weighted by Crippen LogP contribution is -2.34. The molecule has 0 aliphatic rings. The van der Waals surface area contributed by atoms with Crippen LogP contribution in [0.25, 0.3) is 0 Å². The van der Waals surface area contributed by atoms with Gasteiger partial charge in [-0.15, -0.1) is 0 Å². The molecule has 29 heavy (non-hydrogen) atoms. The Morgan fingerprint density at radius 3 is 2.41 bits per heavy atom. The smallest absolute Gasteiger partial charge is 0.349 e. The molecule has 0 fully saturated rings. The van der Waals surface area contributed by atoms with Gasteiger partial charge in [0.05, 0.1) is 12.0 Å². The maximum atomic E-state index is 12.8. The molecular weight excluding hydrogens is 396 g/mol. The van der Waals surface area contributed by atoms with Crippen LogP contribution in [-0.4, -0.2) is 36.6 Å². The largest absolute Gasteiger partial charge is 0.497 e. The van der Waals surface area contributed by atoms with Gasteiger partial charge in [-0.25, -0.2) is 17.8 Å². The van der Waals surface area contributed by atoms with Gasteiger partial charge in [0.25, 0.3) is 15.9 Å². The highest BCUT2D eigenvalue weighted by molar-refractivity contribution is 7.90. The predicted molar refractivity (Wildman–Crippen MR) is 106 cm³/mol. The molecule has 0 atom stereocenters. The van der Waals surface area contributed by atoms with Crippen molar-refractivity contribution >= 4 is 15.9 Å². The first-order valence-electron chi connectivity index (χ1n) is 8.67. The molecule has 0 unspecified atom stereocenters. The topological polar surface area (TPSA) is 96.6 Å². The molecule has 8 nitrogen and oxygen atoms in total. The van der Waals surface area contributed by atoms with Crippen molar-refractivity contribution in [2.45, 2.75) is 18.7 Å². The first-order valence-corrected chi connectivity index (χ1v) is 10.1. The van der Waals surface area contributed by atoms with E-state index in [1.54, 1.807) is 37.3 Å². The zero-order valence-corrected chi connectivity index (χ0v) is 17.0. The van der Waals surface area contributed by atoms with Gasteiger partial charge >= 0.3 is 5.69 Å². The van der Waals surface area contributed by atoms with Gasteiger partial charge in [0, 0.05) is 18.5 Å². The van der Waals surface area contributed by atoms with Gasteiger partial charge in [0.15, 0.2) is 6.61 Å². The molecule has 1 aromatic heterocycles. The van der Waals surface area contributed by atoms with Gasteiger partial charge in [0.1, 0.15) is 11.5 Å². The van der Waals surface area contributed by atoms with Crippen molar-refractivity contribution in [3.05, 3.63) is 76.5 Å². The molecule has 0 saturated carbocycles. The van der Waals surface area contributed by atoms with E-state index in [0.29, 0.717) is 20.0 Å². The Morgan fingerprint density at radius 1 is 1.00 bits per heavy atom. The number of aryl methyl sites for hydroxylation is 2. The van der Waals surface area contributed by atoms with E-state index in [0.717, 1.165) is 23.5 Å². The minimum atomic E-state index is -4.12.